The highest BCUT2D eigenvalue weighted by Gasteiger charge is 1.96. The Morgan fingerprint density at radius 1 is 1.56 bits per heavy atom. The lowest BCUT2D eigenvalue weighted by Crippen LogP contribution is -2.24. The van der Waals surface area contributed by atoms with E-state index in [1.807, 2.05) is 6.92 Å². The highest BCUT2D eigenvalue weighted by Crippen LogP contribution is 1.85. The van der Waals surface area contributed by atoms with Crippen LogP contribution in [0, 0.1) is 0 Å². The van der Waals surface area contributed by atoms with Gasteiger partial charge in [-0.05, 0) is 6.42 Å². The SMILES string of the molecule is CCCN(C=O)CCF. The number of rotatable bonds is 5. The smallest absolute Gasteiger partial charge is 0.209 e. The molecule has 0 spiro atoms. The fraction of sp³-hybridized carbons (Fsp3) is 0.833. The normalized spacial score (nSPS) is 9.11. The van der Waals surface area contributed by atoms with Crippen molar-refractivity contribution in [3.8, 4) is 0 Å². The van der Waals surface area contributed by atoms with Gasteiger partial charge >= 0.3 is 0 Å². The summed E-state index contributed by atoms with van der Waals surface area (Å²) in [6.45, 7) is 2.40. The maximum absolute atomic E-state index is 11.6. The Bertz CT molecular complexity index is 71.5. The molecule has 1 amide bonds. The van der Waals surface area contributed by atoms with Crippen molar-refractivity contribution < 1.29 is 9.18 Å². The third-order valence-corrected chi connectivity index (χ3v) is 1.03. The van der Waals surface area contributed by atoms with Gasteiger partial charge in [0.15, 0.2) is 0 Å². The average Bonchev–Trinajstić information content (AvgIpc) is 1.88. The lowest BCUT2D eigenvalue weighted by Gasteiger charge is -2.12. The van der Waals surface area contributed by atoms with E-state index in [0.717, 1.165) is 6.42 Å². The second kappa shape index (κ2) is 5.54. The lowest BCUT2D eigenvalue weighted by atomic mass is 10.4. The van der Waals surface area contributed by atoms with Gasteiger partial charge in [-0.3, -0.25) is 4.79 Å². The third kappa shape index (κ3) is 3.94. The summed E-state index contributed by atoms with van der Waals surface area (Å²) in [5.41, 5.74) is 0. The minimum atomic E-state index is -0.446. The van der Waals surface area contributed by atoms with Crippen LogP contribution in [0.1, 0.15) is 13.3 Å². The Labute approximate surface area is 54.7 Å². The molecule has 0 radical (unpaired) electrons. The first-order valence-corrected chi connectivity index (χ1v) is 3.10. The van der Waals surface area contributed by atoms with E-state index in [1.54, 1.807) is 0 Å². The molecule has 0 aromatic carbocycles. The number of carbonyl (C=O) groups is 1. The Morgan fingerprint density at radius 2 is 2.22 bits per heavy atom. The van der Waals surface area contributed by atoms with Crippen LogP contribution < -0.4 is 0 Å². The highest BCUT2D eigenvalue weighted by atomic mass is 19.1. The molecule has 54 valence electrons. The van der Waals surface area contributed by atoms with Crippen molar-refractivity contribution >= 4 is 6.41 Å². The zero-order valence-electron chi connectivity index (χ0n) is 5.64. The van der Waals surface area contributed by atoms with Gasteiger partial charge in [0.2, 0.25) is 6.41 Å². The summed E-state index contributed by atoms with van der Waals surface area (Å²) < 4.78 is 11.6. The minimum Gasteiger partial charge on any atom is -0.343 e. The van der Waals surface area contributed by atoms with Crippen LogP contribution in [0.4, 0.5) is 4.39 Å². The molecule has 0 N–H and O–H groups in total. The standard InChI is InChI=1S/C6H12FNO/c1-2-4-8(6-9)5-3-7/h6H,2-5H2,1H3. The molecule has 0 aliphatic rings. The molecule has 0 bridgehead atoms. The average molecular weight is 133 g/mol. The molecule has 0 heterocycles. The topological polar surface area (TPSA) is 20.3 Å². The number of carbonyl (C=O) groups excluding carboxylic acids is 1. The maximum atomic E-state index is 11.6. The van der Waals surface area contributed by atoms with Crippen LogP contribution in [-0.4, -0.2) is 31.1 Å². The van der Waals surface area contributed by atoms with E-state index in [4.69, 9.17) is 0 Å². The molecule has 0 atom stereocenters. The minimum absolute atomic E-state index is 0.233. The van der Waals surface area contributed by atoms with Gasteiger partial charge in [-0.2, -0.15) is 0 Å². The number of nitrogens with zero attached hydrogens (tertiary/aromatic N) is 1. The van der Waals surface area contributed by atoms with Gasteiger partial charge in [-0.15, -0.1) is 0 Å². The van der Waals surface area contributed by atoms with Crippen molar-refractivity contribution in [3.63, 3.8) is 0 Å². The predicted molar refractivity (Wildman–Crippen MR) is 33.9 cm³/mol. The quantitative estimate of drug-likeness (QED) is 0.508. The monoisotopic (exact) mass is 133 g/mol. The van der Waals surface area contributed by atoms with E-state index in [-0.39, 0.29) is 6.54 Å². The van der Waals surface area contributed by atoms with Crippen LogP contribution in [0.2, 0.25) is 0 Å². The lowest BCUT2D eigenvalue weighted by molar-refractivity contribution is -0.118. The van der Waals surface area contributed by atoms with Gasteiger partial charge in [0.05, 0.1) is 0 Å². The first-order chi connectivity index (χ1) is 4.35. The van der Waals surface area contributed by atoms with Gasteiger partial charge in [-0.25, -0.2) is 4.39 Å². The van der Waals surface area contributed by atoms with E-state index in [0.29, 0.717) is 13.0 Å². The summed E-state index contributed by atoms with van der Waals surface area (Å²) in [5.74, 6) is 0. The third-order valence-electron chi connectivity index (χ3n) is 1.03. The van der Waals surface area contributed by atoms with Crippen LogP contribution >= 0.6 is 0 Å². The number of amides is 1. The number of halogens is 1. The summed E-state index contributed by atoms with van der Waals surface area (Å²) >= 11 is 0. The first kappa shape index (κ1) is 8.40. The molecule has 9 heavy (non-hydrogen) atoms. The predicted octanol–water partition coefficient (Wildman–Crippen LogP) is 0.824. The van der Waals surface area contributed by atoms with E-state index < -0.39 is 6.67 Å². The fourth-order valence-corrected chi connectivity index (χ4v) is 0.613. The molecule has 0 aliphatic carbocycles. The molecule has 0 saturated carbocycles. The van der Waals surface area contributed by atoms with E-state index in [9.17, 15) is 9.18 Å². The largest absolute Gasteiger partial charge is 0.343 e. The van der Waals surface area contributed by atoms with Gasteiger partial charge < -0.3 is 4.90 Å². The Kier molecular flexibility index (Phi) is 5.17. The van der Waals surface area contributed by atoms with E-state index in [2.05, 4.69) is 0 Å². The van der Waals surface area contributed by atoms with Gasteiger partial charge in [-0.1, -0.05) is 6.92 Å². The van der Waals surface area contributed by atoms with Crippen molar-refractivity contribution in [1.29, 1.82) is 0 Å². The Balaban J connectivity index is 3.29. The van der Waals surface area contributed by atoms with Crippen molar-refractivity contribution in [1.82, 2.24) is 4.90 Å². The summed E-state index contributed by atoms with van der Waals surface area (Å²) in [6, 6.07) is 0. The molecule has 0 unspecified atom stereocenters. The van der Waals surface area contributed by atoms with Crippen LogP contribution in [0.15, 0.2) is 0 Å². The second-order valence-electron chi connectivity index (χ2n) is 1.83. The second-order valence-corrected chi connectivity index (χ2v) is 1.83. The summed E-state index contributed by atoms with van der Waals surface area (Å²) in [7, 11) is 0. The molecular formula is C6H12FNO. The van der Waals surface area contributed by atoms with Gasteiger partial charge in [0.1, 0.15) is 6.67 Å². The summed E-state index contributed by atoms with van der Waals surface area (Å²) in [5, 5.41) is 0. The molecule has 0 aromatic heterocycles. The zero-order valence-corrected chi connectivity index (χ0v) is 5.64. The molecule has 0 saturated heterocycles. The molecule has 0 aromatic rings. The molecular weight excluding hydrogens is 121 g/mol. The van der Waals surface area contributed by atoms with Crippen molar-refractivity contribution in [2.45, 2.75) is 13.3 Å². The molecule has 0 rings (SSSR count). The van der Waals surface area contributed by atoms with Gasteiger partial charge in [0.25, 0.3) is 0 Å². The van der Waals surface area contributed by atoms with E-state index in [1.165, 1.54) is 4.90 Å². The van der Waals surface area contributed by atoms with Crippen molar-refractivity contribution in [2.24, 2.45) is 0 Å². The van der Waals surface area contributed by atoms with Crippen LogP contribution in [0.3, 0.4) is 0 Å². The summed E-state index contributed by atoms with van der Waals surface area (Å²) in [4.78, 5) is 11.5. The van der Waals surface area contributed by atoms with Crippen molar-refractivity contribution in [3.05, 3.63) is 0 Å². The van der Waals surface area contributed by atoms with Crippen molar-refractivity contribution in [2.75, 3.05) is 19.8 Å². The van der Waals surface area contributed by atoms with Crippen LogP contribution in [0.5, 0.6) is 0 Å². The number of hydrogen-bond donors (Lipinski definition) is 0. The van der Waals surface area contributed by atoms with Gasteiger partial charge in [0, 0.05) is 13.1 Å². The highest BCUT2D eigenvalue weighted by molar-refractivity contribution is 5.46. The Morgan fingerprint density at radius 3 is 2.56 bits per heavy atom. The first-order valence-electron chi connectivity index (χ1n) is 3.10. The Hall–Kier alpha value is -0.600. The van der Waals surface area contributed by atoms with Crippen LogP contribution in [0.25, 0.3) is 0 Å². The van der Waals surface area contributed by atoms with Crippen LogP contribution in [-0.2, 0) is 4.79 Å². The number of alkyl halides is 1. The fourth-order valence-electron chi connectivity index (χ4n) is 0.613. The molecule has 0 fully saturated rings. The zero-order chi connectivity index (χ0) is 7.11. The molecule has 3 heteroatoms. The molecule has 2 nitrogen and oxygen atoms in total. The summed E-state index contributed by atoms with van der Waals surface area (Å²) in [6.07, 6.45) is 1.57. The maximum Gasteiger partial charge on any atom is 0.209 e. The van der Waals surface area contributed by atoms with E-state index >= 15 is 0 Å². The molecule has 0 aliphatic heterocycles. The number of hydrogen-bond acceptors (Lipinski definition) is 1.